The van der Waals surface area contributed by atoms with Gasteiger partial charge in [0.1, 0.15) is 36.5 Å². The number of aromatic amines is 1. The first-order valence-corrected chi connectivity index (χ1v) is 18.6. The number of phosphoric acid groups is 4. The van der Waals surface area contributed by atoms with Crippen LogP contribution >= 0.6 is 31.3 Å². The van der Waals surface area contributed by atoms with Crippen LogP contribution in [0.1, 0.15) is 18.9 Å². The molecule has 0 aliphatic carbocycles. The predicted octanol–water partition coefficient (Wildman–Crippen LogP) is -17.4. The van der Waals surface area contributed by atoms with Crippen molar-refractivity contribution in [1.82, 2.24) is 19.1 Å². The third kappa shape index (κ3) is 15.6. The van der Waals surface area contributed by atoms with Crippen LogP contribution in [0.15, 0.2) is 38.9 Å². The third-order valence-corrected chi connectivity index (χ3v) is 12.0. The molecule has 0 radical (unpaired) electrons. The molecule has 11 atom stereocenters. The summed E-state index contributed by atoms with van der Waals surface area (Å²) >= 11 is 0. The van der Waals surface area contributed by atoms with E-state index in [0.29, 0.717) is 4.57 Å². The minimum absolute atomic E-state index is 0. The maximum atomic E-state index is 12.0. The van der Waals surface area contributed by atoms with Gasteiger partial charge in [0.15, 0.2) is 6.23 Å². The molecule has 2 aliphatic heterocycles. The van der Waals surface area contributed by atoms with Gasteiger partial charge in [0, 0.05) is 24.9 Å². The van der Waals surface area contributed by atoms with Crippen molar-refractivity contribution in [2.75, 3.05) is 18.9 Å². The fourth-order valence-corrected chi connectivity index (χ4v) is 8.93. The van der Waals surface area contributed by atoms with Gasteiger partial charge >= 0.3 is 163 Å². The number of nitrogen functional groups attached to an aromatic ring is 1. The number of rotatable bonds is 14. The number of hydrogen-bond donors (Lipinski definition) is 5. The number of hydrogen-bond acceptors (Lipinski definition) is 23. The van der Waals surface area contributed by atoms with Crippen molar-refractivity contribution in [3.05, 3.63) is 55.8 Å². The molecule has 2 aromatic rings. The Morgan fingerprint density at radius 2 is 1.33 bits per heavy atom. The summed E-state index contributed by atoms with van der Waals surface area (Å²) in [5.74, 6) is -0.125. The standard InChI is InChI=1S/C18H27N5O21P4.2K.Li.Na/c19-11-1-3-22(17(28)20-11)13-5-8(24)9(40-13)6-38-45(30,31)42-47(34,35)44-48(36,37)43-46(32,33)39-7-10-14(26)15(27)16(41-10)23-4-2-12(25)21-18(23)29;;;;/h1-4,8-10,13-16,24,26-27H,5-7H2,(H,30,31)(H,32,33)(H,34,35)(H,36,37)(H2,19,20,28)(H,21,25,29);;;;/q;4*+1/p-4/t8-,9-,10-,13-,14-,15-,16-;;;;/m1..../s1. The molecule has 34 heteroatoms. The molecule has 4 unspecified atom stereocenters. The van der Waals surface area contributed by atoms with Crippen molar-refractivity contribution in [2.24, 2.45) is 0 Å². The zero-order valence-electron chi connectivity index (χ0n) is 27.4. The van der Waals surface area contributed by atoms with Gasteiger partial charge in [-0.1, -0.05) is 0 Å². The van der Waals surface area contributed by atoms with Crippen molar-refractivity contribution >= 4 is 37.1 Å². The monoisotopic (exact) mass is 877 g/mol. The summed E-state index contributed by atoms with van der Waals surface area (Å²) in [4.78, 5) is 88.4. The van der Waals surface area contributed by atoms with Gasteiger partial charge in [-0.25, -0.2) is 22.5 Å². The second kappa shape index (κ2) is 22.3. The minimum Gasteiger partial charge on any atom is -0.756 e. The number of aromatic nitrogens is 4. The topological polar surface area (TPSA) is 402 Å². The molecule has 6 N–H and O–H groups in total. The van der Waals surface area contributed by atoms with Gasteiger partial charge in [0.05, 0.1) is 19.3 Å². The summed E-state index contributed by atoms with van der Waals surface area (Å²) < 4.78 is 79.0. The third-order valence-electron chi connectivity index (χ3n) is 6.22. The van der Waals surface area contributed by atoms with E-state index in [2.05, 4.69) is 27.0 Å². The van der Waals surface area contributed by atoms with Crippen LogP contribution in [-0.4, -0.2) is 78.2 Å². The van der Waals surface area contributed by atoms with E-state index in [4.69, 9.17) is 15.2 Å². The predicted molar refractivity (Wildman–Crippen MR) is 140 cm³/mol. The SMILES string of the molecule is Nc1ccn([C@H]2C[C@@H](O)[C@@H](COP(=O)([O-])OP(=O)([O-])OP(=O)([O-])OP(=O)([O-])OC[C@H]3O[C@@H](n4ccc(=O)[nH]c4=O)[C@H](O)[C@@H]3O)O2)c(=O)n1.[K+].[K+].[Li+].[Na+]. The van der Waals surface area contributed by atoms with Crippen molar-refractivity contribution in [1.29, 1.82) is 0 Å². The van der Waals surface area contributed by atoms with Crippen LogP contribution in [0, 0.1) is 0 Å². The minimum atomic E-state index is -6.59. The fourth-order valence-electron chi connectivity index (χ4n) is 4.18. The molecule has 0 amide bonds. The molecule has 270 valence electrons. The molecule has 0 aromatic carbocycles. The summed E-state index contributed by atoms with van der Waals surface area (Å²) in [6.07, 6.45) is -9.78. The van der Waals surface area contributed by atoms with E-state index in [1.807, 2.05) is 4.98 Å². The summed E-state index contributed by atoms with van der Waals surface area (Å²) in [6.45, 7) is -2.44. The fraction of sp³-hybridized carbons (Fsp3) is 0.556. The number of nitrogens with two attached hydrogens (primary N) is 1. The number of nitrogens with zero attached hydrogens (tertiary/aromatic N) is 3. The number of nitrogens with one attached hydrogen (secondary N) is 1. The van der Waals surface area contributed by atoms with Gasteiger partial charge < -0.3 is 59.1 Å². The van der Waals surface area contributed by atoms with Crippen LogP contribution in [0.2, 0.25) is 0 Å². The van der Waals surface area contributed by atoms with Crippen molar-refractivity contribution < 1.29 is 236 Å². The maximum absolute atomic E-state index is 12.0. The molecule has 4 heterocycles. The van der Waals surface area contributed by atoms with E-state index in [0.717, 1.165) is 16.8 Å². The van der Waals surface area contributed by atoms with Gasteiger partial charge in [-0.15, -0.1) is 0 Å². The maximum Gasteiger partial charge on any atom is 1.00 e. The van der Waals surface area contributed by atoms with E-state index in [1.54, 1.807) is 0 Å². The Kier molecular flexibility index (Phi) is 23.4. The van der Waals surface area contributed by atoms with Crippen LogP contribution in [0.25, 0.3) is 0 Å². The summed E-state index contributed by atoms with van der Waals surface area (Å²) in [5, 5.41) is 30.4. The summed E-state index contributed by atoms with van der Waals surface area (Å²) in [5.41, 5.74) is 2.58. The second-order valence-corrected chi connectivity index (χ2v) is 15.7. The van der Waals surface area contributed by atoms with Crippen molar-refractivity contribution in [2.45, 2.75) is 49.4 Å². The molecule has 2 aliphatic rings. The molecule has 0 saturated carbocycles. The van der Waals surface area contributed by atoms with Gasteiger partial charge in [-0.2, -0.15) is 4.98 Å². The van der Waals surface area contributed by atoms with Crippen molar-refractivity contribution in [3.8, 4) is 0 Å². The molecule has 2 aromatic heterocycles. The zero-order valence-corrected chi connectivity index (χ0v) is 39.2. The summed E-state index contributed by atoms with van der Waals surface area (Å²) in [7, 11) is -25.4. The number of H-pyrrole nitrogens is 1. The summed E-state index contributed by atoms with van der Waals surface area (Å²) in [6, 6.07) is 2.07. The van der Waals surface area contributed by atoms with Gasteiger partial charge in [0.2, 0.25) is 0 Å². The van der Waals surface area contributed by atoms with E-state index < -0.39 is 104 Å². The molecule has 4 rings (SSSR count). The first kappa shape index (κ1) is 54.6. The van der Waals surface area contributed by atoms with Gasteiger partial charge in [-0.3, -0.25) is 37.2 Å². The zero-order chi connectivity index (χ0) is 35.8. The van der Waals surface area contributed by atoms with E-state index in [9.17, 15) is 67.5 Å². The average Bonchev–Trinajstić information content (AvgIpc) is 3.42. The molecule has 0 spiro atoms. The van der Waals surface area contributed by atoms with E-state index in [-0.39, 0.29) is 163 Å². The first-order valence-electron chi connectivity index (χ1n) is 12.8. The normalized spacial score (nSPS) is 28.6. The van der Waals surface area contributed by atoms with E-state index in [1.165, 1.54) is 12.3 Å². The van der Waals surface area contributed by atoms with Crippen LogP contribution in [0.3, 0.4) is 0 Å². The Morgan fingerprint density at radius 3 is 1.85 bits per heavy atom. The Morgan fingerprint density at radius 1 is 0.827 bits per heavy atom. The van der Waals surface area contributed by atoms with Gasteiger partial charge in [0.25, 0.3) is 36.9 Å². The smallest absolute Gasteiger partial charge is 0.756 e. The Labute approximate surface area is 409 Å². The molecular weight excluding hydrogens is 854 g/mol. The first-order chi connectivity index (χ1) is 22.1. The number of ether oxygens (including phenoxy) is 2. The van der Waals surface area contributed by atoms with E-state index >= 15 is 0 Å². The molecule has 2 saturated heterocycles. The quantitative estimate of drug-likeness (QED) is 0.0869. The molecule has 52 heavy (non-hydrogen) atoms. The largest absolute Gasteiger partial charge is 1.00 e. The van der Waals surface area contributed by atoms with Crippen LogP contribution in [0.5, 0.6) is 0 Å². The van der Waals surface area contributed by atoms with Crippen LogP contribution in [0.4, 0.5) is 5.82 Å². The average molecular weight is 877 g/mol. The van der Waals surface area contributed by atoms with Crippen LogP contribution in [-0.2, 0) is 49.7 Å². The van der Waals surface area contributed by atoms with Crippen molar-refractivity contribution in [3.63, 3.8) is 0 Å². The Balaban J connectivity index is 0.00000650. The molecule has 0 bridgehead atoms. The van der Waals surface area contributed by atoms with Crippen LogP contribution < -0.4 is 193 Å². The van der Waals surface area contributed by atoms with Gasteiger partial charge in [-0.05, 0) is 6.07 Å². The number of aliphatic hydroxyl groups excluding tert-OH is 3. The Bertz CT molecular complexity index is 1890. The Hall–Kier alpha value is 2.59. The molecule has 26 nitrogen and oxygen atoms in total. The molecular formula is C18H23K2LiN5NaO21P4. The molecule has 2 fully saturated rings. The second-order valence-electron chi connectivity index (χ2n) is 9.66. The number of anilines is 1. The number of phosphoric ester groups is 2. The number of aliphatic hydroxyl groups is 3.